The van der Waals surface area contributed by atoms with Crippen LogP contribution >= 0.6 is 0 Å². The molecule has 1 aliphatic carbocycles. The number of halogens is 1. The normalized spacial score (nSPS) is 23.7. The maximum absolute atomic E-state index is 13.9. The van der Waals surface area contributed by atoms with Crippen molar-refractivity contribution in [1.29, 1.82) is 5.26 Å². The number of aromatic nitrogens is 2. The molecule has 1 atom stereocenters. The zero-order chi connectivity index (χ0) is 20.0. The zero-order valence-electron chi connectivity index (χ0n) is 15.7. The Kier molecular flexibility index (Phi) is 4.29. The van der Waals surface area contributed by atoms with E-state index in [0.29, 0.717) is 18.6 Å². The van der Waals surface area contributed by atoms with Crippen molar-refractivity contribution < 1.29 is 14.0 Å². The van der Waals surface area contributed by atoms with E-state index in [9.17, 15) is 9.18 Å². The van der Waals surface area contributed by atoms with Crippen LogP contribution in [-0.4, -0.2) is 27.1 Å². The van der Waals surface area contributed by atoms with Gasteiger partial charge in [0.15, 0.2) is 0 Å². The molecule has 2 aliphatic rings. The van der Waals surface area contributed by atoms with Crippen LogP contribution in [0.4, 0.5) is 4.39 Å². The van der Waals surface area contributed by atoms with Crippen molar-refractivity contribution in [3.8, 4) is 6.07 Å². The summed E-state index contributed by atoms with van der Waals surface area (Å²) in [6.07, 6.45) is 3.86. The van der Waals surface area contributed by atoms with Crippen LogP contribution in [0, 0.1) is 23.1 Å². The first-order valence-corrected chi connectivity index (χ1v) is 9.72. The van der Waals surface area contributed by atoms with Crippen LogP contribution in [0.25, 0.3) is 11.0 Å². The maximum atomic E-state index is 13.9. The monoisotopic (exact) mass is 390 g/mol. The molecule has 0 unspecified atom stereocenters. The number of rotatable bonds is 3. The lowest BCUT2D eigenvalue weighted by atomic mass is 9.79. The number of benzene rings is 2. The van der Waals surface area contributed by atoms with Gasteiger partial charge in [-0.3, -0.25) is 9.63 Å². The summed E-state index contributed by atoms with van der Waals surface area (Å²) in [5, 5.41) is 10.5. The standard InChI is InChI=1S/C22H19FN4O2/c23-17-8-14(12-24)7-15(9-17)20-5-6-29-27(20)22(28)16-10-18(11-16)26-13-25-19-3-1-2-4-21(19)26/h1-4,7-9,13,16,18,20H,5-6,10-11H2/t16?,18?,20-/m0/s1. The van der Waals surface area contributed by atoms with Gasteiger partial charge in [-0.05, 0) is 48.7 Å². The maximum Gasteiger partial charge on any atom is 0.249 e. The van der Waals surface area contributed by atoms with Gasteiger partial charge in [-0.25, -0.2) is 14.4 Å². The Bertz CT molecular complexity index is 1130. The van der Waals surface area contributed by atoms with Crippen molar-refractivity contribution in [2.45, 2.75) is 31.3 Å². The van der Waals surface area contributed by atoms with Crippen molar-refractivity contribution in [3.63, 3.8) is 0 Å². The smallest absolute Gasteiger partial charge is 0.249 e. The fourth-order valence-corrected chi connectivity index (χ4v) is 4.32. The largest absolute Gasteiger partial charge is 0.327 e. The van der Waals surface area contributed by atoms with Crippen molar-refractivity contribution in [1.82, 2.24) is 14.6 Å². The van der Waals surface area contributed by atoms with E-state index in [1.54, 1.807) is 6.07 Å². The van der Waals surface area contributed by atoms with E-state index in [-0.39, 0.29) is 29.5 Å². The van der Waals surface area contributed by atoms with Crippen molar-refractivity contribution in [2.24, 2.45) is 5.92 Å². The minimum atomic E-state index is -0.478. The number of fused-ring (bicyclic) bond motifs is 1. The molecule has 2 heterocycles. The van der Waals surface area contributed by atoms with Crippen LogP contribution in [0.1, 0.15) is 42.5 Å². The molecule has 2 fully saturated rings. The highest BCUT2D eigenvalue weighted by atomic mass is 19.1. The number of hydroxylamine groups is 2. The van der Waals surface area contributed by atoms with Crippen molar-refractivity contribution in [3.05, 3.63) is 65.7 Å². The van der Waals surface area contributed by atoms with Crippen molar-refractivity contribution >= 4 is 16.9 Å². The number of imidazole rings is 1. The summed E-state index contributed by atoms with van der Waals surface area (Å²) in [4.78, 5) is 23.1. The van der Waals surface area contributed by atoms with Gasteiger partial charge in [0.1, 0.15) is 5.82 Å². The molecule has 1 saturated heterocycles. The lowest BCUT2D eigenvalue weighted by Gasteiger charge is -2.38. The summed E-state index contributed by atoms with van der Waals surface area (Å²) in [5.74, 6) is -0.684. The highest BCUT2D eigenvalue weighted by Crippen LogP contribution is 2.43. The quantitative estimate of drug-likeness (QED) is 0.680. The Balaban J connectivity index is 1.31. The second-order valence-corrected chi connectivity index (χ2v) is 7.65. The van der Waals surface area contributed by atoms with E-state index in [1.807, 2.05) is 36.7 Å². The third-order valence-electron chi connectivity index (χ3n) is 5.89. The van der Waals surface area contributed by atoms with Gasteiger partial charge in [0.05, 0.1) is 41.6 Å². The molecule has 5 rings (SSSR count). The topological polar surface area (TPSA) is 71.2 Å². The minimum absolute atomic E-state index is 0.0732. The van der Waals surface area contributed by atoms with E-state index in [2.05, 4.69) is 9.55 Å². The molecule has 0 N–H and O–H groups in total. The first-order chi connectivity index (χ1) is 14.1. The van der Waals surface area contributed by atoms with Gasteiger partial charge in [-0.15, -0.1) is 0 Å². The number of carbonyl (C=O) groups excluding carboxylic acids is 1. The molecule has 146 valence electrons. The summed E-state index contributed by atoms with van der Waals surface area (Å²) in [6, 6.07) is 14.0. The van der Waals surface area contributed by atoms with Crippen LogP contribution in [-0.2, 0) is 9.63 Å². The first-order valence-electron chi connectivity index (χ1n) is 9.72. The predicted molar refractivity (Wildman–Crippen MR) is 103 cm³/mol. The van der Waals surface area contributed by atoms with Crippen molar-refractivity contribution in [2.75, 3.05) is 6.61 Å². The fraction of sp³-hybridized carbons (Fsp3) is 0.318. The number of para-hydroxylation sites is 2. The van der Waals surface area contributed by atoms with E-state index < -0.39 is 5.82 Å². The average Bonchev–Trinajstić information content (AvgIpc) is 3.34. The van der Waals surface area contributed by atoms with E-state index >= 15 is 0 Å². The molecular formula is C22H19FN4O2. The van der Waals surface area contributed by atoms with E-state index in [0.717, 1.165) is 23.9 Å². The number of amides is 1. The number of hydrogen-bond donors (Lipinski definition) is 0. The van der Waals surface area contributed by atoms with Crippen LogP contribution in [0.2, 0.25) is 0 Å². The van der Waals surface area contributed by atoms with Gasteiger partial charge in [-0.2, -0.15) is 5.26 Å². The molecule has 3 aromatic rings. The SMILES string of the molecule is N#Cc1cc(F)cc([C@@H]2CCON2C(=O)C2CC(n3cnc4ccccc43)C2)c1. The Morgan fingerprint density at radius 2 is 2.07 bits per heavy atom. The molecule has 7 heteroatoms. The molecule has 0 spiro atoms. The van der Waals surface area contributed by atoms with Gasteiger partial charge in [0, 0.05) is 18.4 Å². The predicted octanol–water partition coefficient (Wildman–Crippen LogP) is 3.90. The summed E-state index contributed by atoms with van der Waals surface area (Å²) in [5.41, 5.74) is 2.87. The third-order valence-corrected chi connectivity index (χ3v) is 5.89. The molecule has 1 amide bonds. The highest BCUT2D eigenvalue weighted by molar-refractivity contribution is 5.80. The zero-order valence-corrected chi connectivity index (χ0v) is 15.7. The Labute approximate surface area is 167 Å². The summed E-state index contributed by atoms with van der Waals surface area (Å²) < 4.78 is 16.0. The van der Waals surface area contributed by atoms with E-state index in [4.69, 9.17) is 10.1 Å². The summed E-state index contributed by atoms with van der Waals surface area (Å²) in [7, 11) is 0. The molecule has 0 radical (unpaired) electrons. The average molecular weight is 390 g/mol. The minimum Gasteiger partial charge on any atom is -0.327 e. The number of nitriles is 1. The van der Waals surface area contributed by atoms with Gasteiger partial charge < -0.3 is 4.57 Å². The van der Waals surface area contributed by atoms with E-state index in [1.165, 1.54) is 17.2 Å². The Morgan fingerprint density at radius 1 is 1.24 bits per heavy atom. The second-order valence-electron chi connectivity index (χ2n) is 7.65. The molecule has 0 bridgehead atoms. The number of hydrogen-bond acceptors (Lipinski definition) is 4. The molecule has 1 aliphatic heterocycles. The molecule has 1 aromatic heterocycles. The molecule has 6 nitrogen and oxygen atoms in total. The molecule has 1 saturated carbocycles. The highest BCUT2D eigenvalue weighted by Gasteiger charge is 2.42. The number of nitrogens with zero attached hydrogens (tertiary/aromatic N) is 4. The lowest BCUT2D eigenvalue weighted by Crippen LogP contribution is -2.41. The van der Waals surface area contributed by atoms with Crippen LogP contribution < -0.4 is 0 Å². The van der Waals surface area contributed by atoms with Gasteiger partial charge >= 0.3 is 0 Å². The Hall–Kier alpha value is -3.24. The van der Waals surface area contributed by atoms with Crippen LogP contribution in [0.15, 0.2) is 48.8 Å². The molecular weight excluding hydrogens is 371 g/mol. The summed E-state index contributed by atoms with van der Waals surface area (Å²) >= 11 is 0. The second kappa shape index (κ2) is 6.98. The molecule has 2 aromatic carbocycles. The summed E-state index contributed by atoms with van der Waals surface area (Å²) in [6.45, 7) is 0.400. The fourth-order valence-electron chi connectivity index (χ4n) is 4.32. The third kappa shape index (κ3) is 3.06. The van der Waals surface area contributed by atoms with Gasteiger partial charge in [0.2, 0.25) is 5.91 Å². The number of carbonyl (C=O) groups is 1. The first kappa shape index (κ1) is 17.8. The molecule has 29 heavy (non-hydrogen) atoms. The Morgan fingerprint density at radius 3 is 2.90 bits per heavy atom. The lowest BCUT2D eigenvalue weighted by molar-refractivity contribution is -0.185. The van der Waals surface area contributed by atoms with Gasteiger partial charge in [-0.1, -0.05) is 12.1 Å². The van der Waals surface area contributed by atoms with Crippen LogP contribution in [0.3, 0.4) is 0 Å². The van der Waals surface area contributed by atoms with Crippen LogP contribution in [0.5, 0.6) is 0 Å². The van der Waals surface area contributed by atoms with Gasteiger partial charge in [0.25, 0.3) is 0 Å².